The molecule has 0 bridgehead atoms. The van der Waals surface area contributed by atoms with E-state index in [4.69, 9.17) is 11.6 Å². The Balaban J connectivity index is 2.01. The minimum Gasteiger partial charge on any atom is -0.326 e. The molecule has 0 N–H and O–H groups in total. The highest BCUT2D eigenvalue weighted by atomic mass is 35.5. The zero-order valence-corrected chi connectivity index (χ0v) is 13.0. The Morgan fingerprint density at radius 3 is 2.81 bits per heavy atom. The average molecular weight is 324 g/mol. The van der Waals surface area contributed by atoms with Gasteiger partial charge < -0.3 is 4.90 Å². The number of halogens is 1. The fraction of sp³-hybridized carbons (Fsp3) is 0.286. The van der Waals surface area contributed by atoms with Crippen molar-refractivity contribution in [2.45, 2.75) is 18.2 Å². The van der Waals surface area contributed by atoms with E-state index in [1.54, 1.807) is 25.1 Å². The number of rotatable bonds is 3. The van der Waals surface area contributed by atoms with Gasteiger partial charge in [-0.2, -0.15) is 0 Å². The molecule has 0 spiro atoms. The molecule has 0 saturated carbocycles. The summed E-state index contributed by atoms with van der Waals surface area (Å²) < 4.78 is 23.9. The molecule has 0 saturated heterocycles. The van der Waals surface area contributed by atoms with E-state index < -0.39 is 9.84 Å². The maximum Gasteiger partial charge on any atom is 0.178 e. The highest BCUT2D eigenvalue weighted by Crippen LogP contribution is 2.35. The van der Waals surface area contributed by atoms with Gasteiger partial charge in [0.05, 0.1) is 10.6 Å². The highest BCUT2D eigenvalue weighted by molar-refractivity contribution is 7.91. The lowest BCUT2D eigenvalue weighted by molar-refractivity contribution is 0.597. The number of benzene rings is 1. The summed E-state index contributed by atoms with van der Waals surface area (Å²) in [5, 5.41) is 0.388. The van der Waals surface area contributed by atoms with Gasteiger partial charge in [0.25, 0.3) is 0 Å². The minimum atomic E-state index is -3.17. The van der Waals surface area contributed by atoms with Crippen LogP contribution < -0.4 is 4.90 Å². The van der Waals surface area contributed by atoms with Gasteiger partial charge in [-0.25, -0.2) is 18.4 Å². The summed E-state index contributed by atoms with van der Waals surface area (Å²) in [6, 6.07) is 6.95. The Hall–Kier alpha value is -1.66. The van der Waals surface area contributed by atoms with E-state index in [0.29, 0.717) is 10.0 Å². The zero-order chi connectivity index (χ0) is 15.0. The predicted molar refractivity (Wildman–Crippen MR) is 81.9 cm³/mol. The summed E-state index contributed by atoms with van der Waals surface area (Å²) in [5.74, 6) is 0.830. The van der Waals surface area contributed by atoms with Crippen LogP contribution in [0.3, 0.4) is 0 Å². The Morgan fingerprint density at radius 2 is 2.10 bits per heavy atom. The van der Waals surface area contributed by atoms with Gasteiger partial charge in [-0.15, -0.1) is 0 Å². The SMILES string of the molecule is CCS(=O)(=O)c1ccc2c(c1)CCN2c1cc(Cl)ncn1. The highest BCUT2D eigenvalue weighted by Gasteiger charge is 2.24. The molecule has 1 aliphatic rings. The van der Waals surface area contributed by atoms with Crippen LogP contribution >= 0.6 is 11.6 Å². The van der Waals surface area contributed by atoms with E-state index in [0.717, 1.165) is 30.0 Å². The second kappa shape index (κ2) is 5.27. The van der Waals surface area contributed by atoms with E-state index in [2.05, 4.69) is 9.97 Å². The van der Waals surface area contributed by atoms with Gasteiger partial charge in [-0.3, -0.25) is 0 Å². The van der Waals surface area contributed by atoms with E-state index in [-0.39, 0.29) is 5.75 Å². The largest absolute Gasteiger partial charge is 0.326 e. The van der Waals surface area contributed by atoms with Crippen LogP contribution in [0.25, 0.3) is 0 Å². The molecule has 1 aromatic heterocycles. The fourth-order valence-electron chi connectivity index (χ4n) is 2.45. The van der Waals surface area contributed by atoms with Crippen molar-refractivity contribution in [1.82, 2.24) is 9.97 Å². The third kappa shape index (κ3) is 2.61. The Bertz CT molecular complexity index is 793. The van der Waals surface area contributed by atoms with Gasteiger partial charge in [0.2, 0.25) is 0 Å². The molecule has 3 rings (SSSR count). The summed E-state index contributed by atoms with van der Waals surface area (Å²) in [5.41, 5.74) is 1.99. The van der Waals surface area contributed by atoms with Crippen molar-refractivity contribution < 1.29 is 8.42 Å². The molecule has 0 fully saturated rings. The molecule has 2 aromatic rings. The van der Waals surface area contributed by atoms with Crippen LogP contribution in [0.2, 0.25) is 5.15 Å². The van der Waals surface area contributed by atoms with E-state index >= 15 is 0 Å². The summed E-state index contributed by atoms with van der Waals surface area (Å²) >= 11 is 5.90. The first-order valence-electron chi connectivity index (χ1n) is 6.62. The molecule has 0 radical (unpaired) electrons. The number of aromatic nitrogens is 2. The predicted octanol–water partition coefficient (Wildman–Crippen LogP) is 2.62. The lowest BCUT2D eigenvalue weighted by atomic mass is 10.2. The van der Waals surface area contributed by atoms with Crippen molar-refractivity contribution in [2.75, 3.05) is 17.2 Å². The first-order chi connectivity index (χ1) is 10.0. The van der Waals surface area contributed by atoms with E-state index in [1.165, 1.54) is 6.33 Å². The molecule has 21 heavy (non-hydrogen) atoms. The lowest BCUT2D eigenvalue weighted by Crippen LogP contribution is -2.14. The number of fused-ring (bicyclic) bond motifs is 1. The third-order valence-electron chi connectivity index (χ3n) is 3.58. The molecule has 110 valence electrons. The number of anilines is 2. The quantitative estimate of drug-likeness (QED) is 0.812. The number of hydrogen-bond acceptors (Lipinski definition) is 5. The normalized spacial score (nSPS) is 14.3. The molecule has 1 aromatic carbocycles. The monoisotopic (exact) mass is 323 g/mol. The number of hydrogen-bond donors (Lipinski definition) is 0. The second-order valence-corrected chi connectivity index (χ2v) is 7.46. The van der Waals surface area contributed by atoms with Crippen molar-refractivity contribution in [3.05, 3.63) is 41.3 Å². The Labute approximate surface area is 128 Å². The summed E-state index contributed by atoms with van der Waals surface area (Å²) in [7, 11) is -3.17. The first-order valence-corrected chi connectivity index (χ1v) is 8.65. The van der Waals surface area contributed by atoms with Crippen molar-refractivity contribution in [3.63, 3.8) is 0 Å². The number of sulfone groups is 1. The molecule has 2 heterocycles. The molecule has 0 unspecified atom stereocenters. The standard InChI is InChI=1S/C14H14ClN3O2S/c1-2-21(19,20)11-3-4-12-10(7-11)5-6-18(12)14-8-13(15)16-9-17-14/h3-4,7-9H,2,5-6H2,1H3. The van der Waals surface area contributed by atoms with Crippen molar-refractivity contribution in [1.29, 1.82) is 0 Å². The minimum absolute atomic E-state index is 0.108. The summed E-state index contributed by atoms with van der Waals surface area (Å²) in [4.78, 5) is 10.5. The van der Waals surface area contributed by atoms with Crippen LogP contribution in [-0.2, 0) is 16.3 Å². The van der Waals surface area contributed by atoms with Crippen LogP contribution in [0.4, 0.5) is 11.5 Å². The van der Waals surface area contributed by atoms with Gasteiger partial charge in [0.1, 0.15) is 17.3 Å². The Kier molecular flexibility index (Phi) is 3.59. The van der Waals surface area contributed by atoms with Gasteiger partial charge in [0, 0.05) is 18.3 Å². The molecule has 0 amide bonds. The summed E-state index contributed by atoms with van der Waals surface area (Å²) in [6.07, 6.45) is 2.20. The number of nitrogens with zero attached hydrogens (tertiary/aromatic N) is 3. The van der Waals surface area contributed by atoms with Gasteiger partial charge in [0.15, 0.2) is 9.84 Å². The molecule has 5 nitrogen and oxygen atoms in total. The zero-order valence-electron chi connectivity index (χ0n) is 11.5. The van der Waals surface area contributed by atoms with Crippen molar-refractivity contribution in [2.24, 2.45) is 0 Å². The van der Waals surface area contributed by atoms with E-state index in [1.807, 2.05) is 11.0 Å². The first kappa shape index (κ1) is 14.3. The average Bonchev–Trinajstić information content (AvgIpc) is 2.90. The van der Waals surface area contributed by atoms with Crippen LogP contribution in [0.5, 0.6) is 0 Å². The molecule has 7 heteroatoms. The summed E-state index contributed by atoms with van der Waals surface area (Å²) in [6.45, 7) is 2.40. The van der Waals surface area contributed by atoms with Crippen LogP contribution in [0.15, 0.2) is 35.5 Å². The van der Waals surface area contributed by atoms with Crippen LogP contribution in [0, 0.1) is 0 Å². The lowest BCUT2D eigenvalue weighted by Gasteiger charge is -2.18. The van der Waals surface area contributed by atoms with E-state index in [9.17, 15) is 8.42 Å². The van der Waals surface area contributed by atoms with Gasteiger partial charge in [-0.05, 0) is 30.2 Å². The topological polar surface area (TPSA) is 63.2 Å². The Morgan fingerprint density at radius 1 is 1.29 bits per heavy atom. The smallest absolute Gasteiger partial charge is 0.178 e. The maximum absolute atomic E-state index is 11.9. The maximum atomic E-state index is 11.9. The van der Waals surface area contributed by atoms with Gasteiger partial charge >= 0.3 is 0 Å². The second-order valence-electron chi connectivity index (χ2n) is 4.79. The van der Waals surface area contributed by atoms with Crippen molar-refractivity contribution in [3.8, 4) is 0 Å². The molecule has 0 atom stereocenters. The third-order valence-corrected chi connectivity index (χ3v) is 5.52. The molecular formula is C14H14ClN3O2S. The molecule has 0 aliphatic carbocycles. The van der Waals surface area contributed by atoms with Gasteiger partial charge in [-0.1, -0.05) is 18.5 Å². The van der Waals surface area contributed by atoms with Crippen LogP contribution in [-0.4, -0.2) is 30.7 Å². The fourth-order valence-corrected chi connectivity index (χ4v) is 3.52. The van der Waals surface area contributed by atoms with Crippen LogP contribution in [0.1, 0.15) is 12.5 Å². The molecular weight excluding hydrogens is 310 g/mol. The molecule has 1 aliphatic heterocycles. The van der Waals surface area contributed by atoms with Crippen molar-refractivity contribution >= 4 is 32.9 Å².